The number of ether oxygens (including phenoxy) is 1. The Morgan fingerprint density at radius 3 is 3.05 bits per heavy atom. The van der Waals surface area contributed by atoms with Crippen molar-refractivity contribution in [1.29, 1.82) is 0 Å². The Morgan fingerprint density at radius 1 is 1.48 bits per heavy atom. The number of amides is 1. The summed E-state index contributed by atoms with van der Waals surface area (Å²) in [4.78, 5) is 11.8. The van der Waals surface area contributed by atoms with Crippen molar-refractivity contribution in [2.24, 2.45) is 0 Å². The van der Waals surface area contributed by atoms with Crippen LogP contribution in [0.2, 0.25) is 0 Å². The first-order valence-corrected chi connectivity index (χ1v) is 7.13. The predicted octanol–water partition coefficient (Wildman–Crippen LogP) is 2.09. The topological polar surface area (TPSA) is 50.4 Å². The van der Waals surface area contributed by atoms with Crippen LogP contribution in [0.5, 0.6) is 5.75 Å². The van der Waals surface area contributed by atoms with Crippen LogP contribution in [0.1, 0.15) is 24.8 Å². The van der Waals surface area contributed by atoms with Gasteiger partial charge in [0, 0.05) is 19.0 Å². The first-order chi connectivity index (χ1) is 10.1. The van der Waals surface area contributed by atoms with Crippen molar-refractivity contribution in [1.82, 2.24) is 10.6 Å². The highest BCUT2D eigenvalue weighted by atomic mass is 19.3. The Labute approximate surface area is 122 Å². The predicted molar refractivity (Wildman–Crippen MR) is 75.4 cm³/mol. The summed E-state index contributed by atoms with van der Waals surface area (Å²) in [7, 11) is 0. The largest absolute Gasteiger partial charge is 0.488 e. The van der Waals surface area contributed by atoms with Gasteiger partial charge in [-0.15, -0.1) is 0 Å². The maximum absolute atomic E-state index is 12.1. The fourth-order valence-electron chi connectivity index (χ4n) is 2.33. The average Bonchev–Trinajstić information content (AvgIpc) is 2.96. The van der Waals surface area contributed by atoms with Crippen molar-refractivity contribution < 1.29 is 18.3 Å². The van der Waals surface area contributed by atoms with Crippen molar-refractivity contribution in [2.45, 2.75) is 38.3 Å². The average molecular weight is 298 g/mol. The van der Waals surface area contributed by atoms with E-state index in [9.17, 15) is 13.6 Å². The van der Waals surface area contributed by atoms with Crippen LogP contribution in [0.3, 0.4) is 0 Å². The summed E-state index contributed by atoms with van der Waals surface area (Å²) >= 11 is 0. The standard InChI is InChI=1S/C15H20F2N2O2/c16-14(17)10-21-13-5-1-3-11(7-13)9-19-15(20)8-12-4-2-6-18-12/h1,3,5,7,12,14,18H,2,4,6,8-10H2,(H,19,20). The Hall–Kier alpha value is -1.69. The molecule has 1 fully saturated rings. The Kier molecular flexibility index (Phi) is 5.92. The molecule has 21 heavy (non-hydrogen) atoms. The lowest BCUT2D eigenvalue weighted by molar-refractivity contribution is -0.121. The highest BCUT2D eigenvalue weighted by Crippen LogP contribution is 2.14. The van der Waals surface area contributed by atoms with Gasteiger partial charge in [0.05, 0.1) is 0 Å². The van der Waals surface area contributed by atoms with Gasteiger partial charge in [0.1, 0.15) is 12.4 Å². The van der Waals surface area contributed by atoms with E-state index in [1.165, 1.54) is 0 Å². The van der Waals surface area contributed by atoms with E-state index in [-0.39, 0.29) is 11.9 Å². The van der Waals surface area contributed by atoms with Crippen LogP contribution in [0.25, 0.3) is 0 Å². The number of alkyl halides is 2. The highest BCUT2D eigenvalue weighted by molar-refractivity contribution is 5.76. The number of rotatable bonds is 7. The molecule has 2 N–H and O–H groups in total. The molecule has 1 unspecified atom stereocenters. The maximum Gasteiger partial charge on any atom is 0.272 e. The van der Waals surface area contributed by atoms with E-state index in [0.717, 1.165) is 24.9 Å². The molecular weight excluding hydrogens is 278 g/mol. The van der Waals surface area contributed by atoms with Gasteiger partial charge in [0.25, 0.3) is 6.43 Å². The molecule has 6 heteroatoms. The molecule has 1 aromatic rings. The Bertz CT molecular complexity index is 463. The van der Waals surface area contributed by atoms with Crippen LogP contribution in [0.15, 0.2) is 24.3 Å². The van der Waals surface area contributed by atoms with Crippen LogP contribution in [0, 0.1) is 0 Å². The quantitative estimate of drug-likeness (QED) is 0.810. The fourth-order valence-corrected chi connectivity index (χ4v) is 2.33. The highest BCUT2D eigenvalue weighted by Gasteiger charge is 2.17. The van der Waals surface area contributed by atoms with E-state index in [4.69, 9.17) is 4.74 Å². The number of halogens is 2. The van der Waals surface area contributed by atoms with Crippen molar-refractivity contribution in [3.05, 3.63) is 29.8 Å². The minimum atomic E-state index is -2.49. The summed E-state index contributed by atoms with van der Waals surface area (Å²) in [5, 5.41) is 6.11. The summed E-state index contributed by atoms with van der Waals surface area (Å²) < 4.78 is 29.1. The molecule has 0 bridgehead atoms. The van der Waals surface area contributed by atoms with Gasteiger partial charge in [0.2, 0.25) is 5.91 Å². The first kappa shape index (κ1) is 15.7. The molecular formula is C15H20F2N2O2. The van der Waals surface area contributed by atoms with Crippen LogP contribution in [-0.4, -0.2) is 31.5 Å². The molecule has 0 spiro atoms. The SMILES string of the molecule is O=C(CC1CCCN1)NCc1cccc(OCC(F)F)c1. The molecule has 4 nitrogen and oxygen atoms in total. The first-order valence-electron chi connectivity index (χ1n) is 7.13. The fraction of sp³-hybridized carbons (Fsp3) is 0.533. The molecule has 0 radical (unpaired) electrons. The maximum atomic E-state index is 12.1. The summed E-state index contributed by atoms with van der Waals surface area (Å²) in [6, 6.07) is 7.10. The summed E-state index contributed by atoms with van der Waals surface area (Å²) in [6.07, 6.45) is 0.125. The summed E-state index contributed by atoms with van der Waals surface area (Å²) in [5.74, 6) is 0.382. The molecule has 1 atom stereocenters. The number of nitrogens with one attached hydrogen (secondary N) is 2. The van der Waals surface area contributed by atoms with Gasteiger partial charge in [-0.05, 0) is 37.1 Å². The Morgan fingerprint density at radius 2 is 2.33 bits per heavy atom. The molecule has 1 amide bonds. The number of hydrogen-bond donors (Lipinski definition) is 2. The number of carbonyl (C=O) groups excluding carboxylic acids is 1. The van der Waals surface area contributed by atoms with Crippen LogP contribution in [0.4, 0.5) is 8.78 Å². The van der Waals surface area contributed by atoms with E-state index >= 15 is 0 Å². The monoisotopic (exact) mass is 298 g/mol. The van der Waals surface area contributed by atoms with E-state index in [1.54, 1.807) is 18.2 Å². The van der Waals surface area contributed by atoms with Gasteiger partial charge < -0.3 is 15.4 Å². The Balaban J connectivity index is 1.76. The van der Waals surface area contributed by atoms with E-state index < -0.39 is 13.0 Å². The molecule has 0 aliphatic carbocycles. The van der Waals surface area contributed by atoms with Crippen molar-refractivity contribution in [3.8, 4) is 5.75 Å². The molecule has 1 heterocycles. The van der Waals surface area contributed by atoms with Gasteiger partial charge in [-0.25, -0.2) is 8.78 Å². The van der Waals surface area contributed by atoms with Crippen LogP contribution >= 0.6 is 0 Å². The molecule has 1 aromatic carbocycles. The molecule has 116 valence electrons. The molecule has 1 aliphatic rings. The van der Waals surface area contributed by atoms with Gasteiger partial charge in [0.15, 0.2) is 0 Å². The number of hydrogen-bond acceptors (Lipinski definition) is 3. The lowest BCUT2D eigenvalue weighted by Crippen LogP contribution is -2.31. The molecule has 0 aromatic heterocycles. The third-order valence-corrected chi connectivity index (χ3v) is 3.36. The summed E-state index contributed by atoms with van der Waals surface area (Å²) in [5.41, 5.74) is 0.828. The van der Waals surface area contributed by atoms with Crippen molar-refractivity contribution >= 4 is 5.91 Å². The lowest BCUT2D eigenvalue weighted by atomic mass is 10.1. The van der Waals surface area contributed by atoms with Crippen molar-refractivity contribution in [2.75, 3.05) is 13.2 Å². The second-order valence-electron chi connectivity index (χ2n) is 5.12. The van der Waals surface area contributed by atoms with Crippen LogP contribution < -0.4 is 15.4 Å². The van der Waals surface area contributed by atoms with Crippen LogP contribution in [-0.2, 0) is 11.3 Å². The normalized spacial score (nSPS) is 18.0. The van der Waals surface area contributed by atoms with Gasteiger partial charge in [-0.2, -0.15) is 0 Å². The van der Waals surface area contributed by atoms with Gasteiger partial charge >= 0.3 is 0 Å². The third kappa shape index (κ3) is 5.67. The molecule has 1 aliphatic heterocycles. The number of carbonyl (C=O) groups is 1. The molecule has 0 saturated carbocycles. The molecule has 1 saturated heterocycles. The zero-order valence-corrected chi connectivity index (χ0v) is 11.8. The number of benzene rings is 1. The van der Waals surface area contributed by atoms with E-state index in [2.05, 4.69) is 10.6 Å². The van der Waals surface area contributed by atoms with E-state index in [0.29, 0.717) is 18.7 Å². The zero-order valence-electron chi connectivity index (χ0n) is 11.8. The van der Waals surface area contributed by atoms with Crippen molar-refractivity contribution in [3.63, 3.8) is 0 Å². The smallest absolute Gasteiger partial charge is 0.272 e. The third-order valence-electron chi connectivity index (χ3n) is 3.36. The molecule has 2 rings (SSSR count). The second kappa shape index (κ2) is 7.93. The van der Waals surface area contributed by atoms with Gasteiger partial charge in [-0.1, -0.05) is 12.1 Å². The van der Waals surface area contributed by atoms with E-state index in [1.807, 2.05) is 6.07 Å². The lowest BCUT2D eigenvalue weighted by Gasteiger charge is -2.11. The minimum absolute atomic E-state index is 0.00620. The summed E-state index contributed by atoms with van der Waals surface area (Å²) in [6.45, 7) is 0.724. The van der Waals surface area contributed by atoms with Gasteiger partial charge in [-0.3, -0.25) is 4.79 Å². The minimum Gasteiger partial charge on any atom is -0.488 e. The zero-order chi connectivity index (χ0) is 15.1. The second-order valence-corrected chi connectivity index (χ2v) is 5.12.